The first-order chi connectivity index (χ1) is 7.13. The van der Waals surface area contributed by atoms with Gasteiger partial charge in [0.05, 0.1) is 6.61 Å². The van der Waals surface area contributed by atoms with Crippen LogP contribution in [0, 0.1) is 0 Å². The van der Waals surface area contributed by atoms with Gasteiger partial charge in [0.1, 0.15) is 0 Å². The van der Waals surface area contributed by atoms with Crippen molar-refractivity contribution < 1.29 is 24.9 Å². The van der Waals surface area contributed by atoms with Crippen LogP contribution in [0.1, 0.15) is 13.8 Å². The van der Waals surface area contributed by atoms with Crippen molar-refractivity contribution in [3.63, 3.8) is 0 Å². The third-order valence-corrected chi connectivity index (χ3v) is 1.97. The first kappa shape index (κ1) is 17.0. The molecular formula is C10H19NO5. The molecule has 0 saturated carbocycles. The van der Waals surface area contributed by atoms with E-state index in [9.17, 15) is 9.59 Å². The molecule has 0 atom stereocenters. The van der Waals surface area contributed by atoms with Gasteiger partial charge in [-0.3, -0.25) is 0 Å². The molecule has 0 aromatic rings. The number of nitrogens with zero attached hydrogens (tertiary/aromatic N) is 1. The number of hydrogen-bond donors (Lipinski definition) is 3. The monoisotopic (exact) mass is 233 g/mol. The Kier molecular flexibility index (Phi) is 8.33. The van der Waals surface area contributed by atoms with Gasteiger partial charge in [0.2, 0.25) is 0 Å². The maximum absolute atomic E-state index is 9.55. The van der Waals surface area contributed by atoms with Crippen LogP contribution < -0.4 is 0 Å². The average Bonchev–Trinajstić information content (AvgIpc) is 2.15. The molecule has 0 aromatic carbocycles. The van der Waals surface area contributed by atoms with Gasteiger partial charge in [0.15, 0.2) is 0 Å². The lowest BCUT2D eigenvalue weighted by molar-refractivity contribution is -0.134. The van der Waals surface area contributed by atoms with Gasteiger partial charge in [0, 0.05) is 17.7 Å². The molecule has 0 unspecified atom stereocenters. The predicted octanol–water partition coefficient (Wildman–Crippen LogP) is 0.0307. The fraction of sp³-hybridized carbons (Fsp3) is 0.600. The molecular weight excluding hydrogens is 214 g/mol. The Bertz CT molecular complexity index is 242. The topological polar surface area (TPSA) is 98.1 Å². The highest BCUT2D eigenvalue weighted by Gasteiger charge is 2.17. The van der Waals surface area contributed by atoms with Gasteiger partial charge in [-0.25, -0.2) is 9.59 Å². The number of carboxylic acids is 2. The molecule has 0 aliphatic carbocycles. The van der Waals surface area contributed by atoms with E-state index in [0.717, 1.165) is 0 Å². The van der Waals surface area contributed by atoms with Crippen molar-refractivity contribution >= 4 is 11.9 Å². The maximum atomic E-state index is 9.55. The molecule has 0 aliphatic rings. The summed E-state index contributed by atoms with van der Waals surface area (Å²) in [5, 5.41) is 24.3. The highest BCUT2D eigenvalue weighted by atomic mass is 16.4. The zero-order valence-corrected chi connectivity index (χ0v) is 9.97. The second kappa shape index (κ2) is 7.84. The first-order valence-electron chi connectivity index (χ1n) is 4.55. The van der Waals surface area contributed by atoms with E-state index in [1.54, 1.807) is 0 Å². The minimum atomic E-state index is -1.26. The van der Waals surface area contributed by atoms with E-state index in [-0.39, 0.29) is 12.1 Å². The Balaban J connectivity index is 0. The van der Waals surface area contributed by atoms with Gasteiger partial charge in [-0.2, -0.15) is 0 Å². The number of carbonyl (C=O) groups is 2. The molecule has 16 heavy (non-hydrogen) atoms. The van der Waals surface area contributed by atoms with Crippen LogP contribution in [0.2, 0.25) is 0 Å². The van der Waals surface area contributed by atoms with Crippen molar-refractivity contribution in [2.24, 2.45) is 0 Å². The van der Waals surface area contributed by atoms with E-state index in [0.29, 0.717) is 12.2 Å². The zero-order chi connectivity index (χ0) is 13.4. The first-order valence-corrected chi connectivity index (χ1v) is 4.55. The minimum Gasteiger partial charge on any atom is -0.478 e. The molecule has 0 aromatic heterocycles. The molecule has 0 rings (SSSR count). The van der Waals surface area contributed by atoms with E-state index in [2.05, 4.69) is 0 Å². The largest absolute Gasteiger partial charge is 0.478 e. The molecule has 3 N–H and O–H groups in total. The summed E-state index contributed by atoms with van der Waals surface area (Å²) >= 11 is 0. The molecule has 0 fully saturated rings. The highest BCUT2D eigenvalue weighted by molar-refractivity contribution is 5.89. The number of carboxylic acid groups (broad SMARTS) is 2. The Morgan fingerprint density at radius 3 is 1.50 bits per heavy atom. The van der Waals surface area contributed by atoms with Crippen molar-refractivity contribution in [3.05, 3.63) is 12.2 Å². The lowest BCUT2D eigenvalue weighted by Gasteiger charge is -2.29. The third-order valence-electron chi connectivity index (χ3n) is 1.97. The summed E-state index contributed by atoms with van der Waals surface area (Å²) in [4.78, 5) is 21.1. The second-order valence-electron chi connectivity index (χ2n) is 3.87. The van der Waals surface area contributed by atoms with E-state index in [1.165, 1.54) is 0 Å². The number of rotatable bonds is 4. The Hall–Kier alpha value is -1.40. The van der Waals surface area contributed by atoms with Gasteiger partial charge >= 0.3 is 11.9 Å². The smallest absolute Gasteiger partial charge is 0.328 e. The van der Waals surface area contributed by atoms with Crippen LogP contribution in [-0.4, -0.2) is 58.4 Å². The van der Waals surface area contributed by atoms with Crippen LogP contribution in [0.25, 0.3) is 0 Å². The van der Waals surface area contributed by atoms with Gasteiger partial charge in [-0.05, 0) is 27.9 Å². The summed E-state index contributed by atoms with van der Waals surface area (Å²) in [5.41, 5.74) is -0.0694. The summed E-state index contributed by atoms with van der Waals surface area (Å²) < 4.78 is 0. The van der Waals surface area contributed by atoms with Crippen molar-refractivity contribution in [1.82, 2.24) is 4.90 Å². The molecule has 0 saturated heterocycles. The van der Waals surface area contributed by atoms with E-state index < -0.39 is 11.9 Å². The van der Waals surface area contributed by atoms with Crippen LogP contribution in [-0.2, 0) is 9.59 Å². The molecule has 0 amide bonds. The standard InChI is InChI=1S/C6H15NO.C4H4O4/c1-6(2,5-8)7(3)4;5-3(6)1-2-4(7)8/h8H,5H2,1-4H3;1-2H,(H,5,6)(H,7,8). The summed E-state index contributed by atoms with van der Waals surface area (Å²) in [6, 6.07) is 0. The van der Waals surface area contributed by atoms with Gasteiger partial charge in [-0.15, -0.1) is 0 Å². The summed E-state index contributed by atoms with van der Waals surface area (Å²) in [7, 11) is 3.91. The zero-order valence-electron chi connectivity index (χ0n) is 9.97. The van der Waals surface area contributed by atoms with Crippen molar-refractivity contribution in [2.75, 3.05) is 20.7 Å². The third kappa shape index (κ3) is 10.7. The van der Waals surface area contributed by atoms with Crippen LogP contribution in [0.15, 0.2) is 12.2 Å². The Morgan fingerprint density at radius 2 is 1.44 bits per heavy atom. The lowest BCUT2D eigenvalue weighted by atomic mass is 10.1. The quantitative estimate of drug-likeness (QED) is 0.593. The molecule has 6 nitrogen and oxygen atoms in total. The summed E-state index contributed by atoms with van der Waals surface area (Å²) in [6.07, 6.45) is 1.12. The SMILES string of the molecule is CN(C)C(C)(C)CO.O=C(O)C=CC(=O)O. The van der Waals surface area contributed by atoms with E-state index in [4.69, 9.17) is 15.3 Å². The van der Waals surface area contributed by atoms with Crippen molar-refractivity contribution in [2.45, 2.75) is 19.4 Å². The van der Waals surface area contributed by atoms with Crippen molar-refractivity contribution in [1.29, 1.82) is 0 Å². The fourth-order valence-corrected chi connectivity index (χ4v) is 0.284. The van der Waals surface area contributed by atoms with Gasteiger partial charge in [0.25, 0.3) is 0 Å². The minimum absolute atomic E-state index is 0.0694. The van der Waals surface area contributed by atoms with Crippen LogP contribution in [0.4, 0.5) is 0 Å². The molecule has 6 heteroatoms. The fourth-order valence-electron chi connectivity index (χ4n) is 0.284. The maximum Gasteiger partial charge on any atom is 0.328 e. The van der Waals surface area contributed by atoms with Gasteiger partial charge in [-0.1, -0.05) is 0 Å². The number of aliphatic carboxylic acids is 2. The van der Waals surface area contributed by atoms with Crippen molar-refractivity contribution in [3.8, 4) is 0 Å². The highest BCUT2D eigenvalue weighted by Crippen LogP contribution is 2.06. The molecule has 0 bridgehead atoms. The summed E-state index contributed by atoms with van der Waals surface area (Å²) in [5.74, 6) is -2.51. The molecule has 0 heterocycles. The molecule has 0 radical (unpaired) electrons. The molecule has 0 aliphatic heterocycles. The predicted molar refractivity (Wildman–Crippen MR) is 59.3 cm³/mol. The molecule has 0 spiro atoms. The lowest BCUT2D eigenvalue weighted by Crippen LogP contribution is -2.41. The molecule has 94 valence electrons. The average molecular weight is 233 g/mol. The number of aliphatic hydroxyl groups is 1. The van der Waals surface area contributed by atoms with Crippen LogP contribution >= 0.6 is 0 Å². The van der Waals surface area contributed by atoms with Crippen LogP contribution in [0.3, 0.4) is 0 Å². The number of hydrogen-bond acceptors (Lipinski definition) is 4. The van der Waals surface area contributed by atoms with E-state index >= 15 is 0 Å². The van der Waals surface area contributed by atoms with Gasteiger partial charge < -0.3 is 20.2 Å². The normalized spacial score (nSPS) is 11.1. The van der Waals surface area contributed by atoms with Crippen LogP contribution in [0.5, 0.6) is 0 Å². The Labute approximate surface area is 94.8 Å². The number of likely N-dealkylation sites (N-methyl/N-ethyl adjacent to an activating group) is 1. The number of aliphatic hydroxyl groups excluding tert-OH is 1. The summed E-state index contributed by atoms with van der Waals surface area (Å²) in [6.45, 7) is 4.19. The van der Waals surface area contributed by atoms with E-state index in [1.807, 2.05) is 32.8 Å². The Morgan fingerprint density at radius 1 is 1.12 bits per heavy atom. The second-order valence-corrected chi connectivity index (χ2v) is 3.87.